The monoisotopic (exact) mass is 347 g/mol. The second-order valence-corrected chi connectivity index (χ2v) is 6.40. The Hall–Kier alpha value is -2.39. The second kappa shape index (κ2) is 6.80. The van der Waals surface area contributed by atoms with Gasteiger partial charge in [0.15, 0.2) is 0 Å². The molecule has 0 atom stereocenters. The molecule has 0 radical (unpaired) electrons. The van der Waals surface area contributed by atoms with Gasteiger partial charge in [0.05, 0.1) is 17.4 Å². The molecule has 1 N–H and O–H groups in total. The Morgan fingerprint density at radius 1 is 1.17 bits per heavy atom. The van der Waals surface area contributed by atoms with E-state index in [-0.39, 0.29) is 5.91 Å². The molecular formula is C14H13N5O2S2. The molecule has 0 bridgehead atoms. The number of anilines is 1. The molecular weight excluding hydrogens is 334 g/mol. The van der Waals surface area contributed by atoms with Crippen molar-refractivity contribution >= 4 is 34.1 Å². The standard InChI is InChI=1S/C14H13N5O2S2/c1-8-12(19-23-18-8)7-21-11-5-3-10(4-6-11)13(20)15-14-17-16-9(2)22-14/h3-6H,7H2,1-2H3,(H,15,17,20). The Bertz CT molecular complexity index is 813. The van der Waals surface area contributed by atoms with Crippen LogP contribution in [0.5, 0.6) is 5.75 Å². The van der Waals surface area contributed by atoms with E-state index in [9.17, 15) is 4.79 Å². The number of amides is 1. The van der Waals surface area contributed by atoms with Crippen LogP contribution in [-0.2, 0) is 6.61 Å². The summed E-state index contributed by atoms with van der Waals surface area (Å²) < 4.78 is 13.9. The van der Waals surface area contributed by atoms with Crippen LogP contribution in [0.2, 0.25) is 0 Å². The van der Waals surface area contributed by atoms with Gasteiger partial charge in [-0.15, -0.1) is 10.2 Å². The molecule has 0 unspecified atom stereocenters. The first-order chi connectivity index (χ1) is 11.1. The van der Waals surface area contributed by atoms with Gasteiger partial charge >= 0.3 is 0 Å². The summed E-state index contributed by atoms with van der Waals surface area (Å²) in [5.41, 5.74) is 2.22. The molecule has 0 fully saturated rings. The van der Waals surface area contributed by atoms with Crippen LogP contribution in [0, 0.1) is 13.8 Å². The van der Waals surface area contributed by atoms with E-state index in [0.29, 0.717) is 23.1 Å². The van der Waals surface area contributed by atoms with E-state index in [1.807, 2.05) is 13.8 Å². The fraction of sp³-hybridized carbons (Fsp3) is 0.214. The van der Waals surface area contributed by atoms with Gasteiger partial charge in [0.1, 0.15) is 23.1 Å². The highest BCUT2D eigenvalue weighted by Crippen LogP contribution is 2.18. The molecule has 0 aliphatic rings. The van der Waals surface area contributed by atoms with Gasteiger partial charge in [0.2, 0.25) is 5.13 Å². The fourth-order valence-corrected chi connectivity index (χ4v) is 2.89. The van der Waals surface area contributed by atoms with Crippen molar-refractivity contribution < 1.29 is 9.53 Å². The molecule has 9 heteroatoms. The fourth-order valence-electron chi connectivity index (χ4n) is 1.75. The van der Waals surface area contributed by atoms with Gasteiger partial charge in [0, 0.05) is 5.56 Å². The summed E-state index contributed by atoms with van der Waals surface area (Å²) in [6.45, 7) is 4.09. The summed E-state index contributed by atoms with van der Waals surface area (Å²) in [5.74, 6) is 0.438. The van der Waals surface area contributed by atoms with Crippen molar-refractivity contribution in [2.75, 3.05) is 5.32 Å². The summed E-state index contributed by atoms with van der Waals surface area (Å²) in [6.07, 6.45) is 0. The highest BCUT2D eigenvalue weighted by atomic mass is 32.1. The lowest BCUT2D eigenvalue weighted by atomic mass is 10.2. The summed E-state index contributed by atoms with van der Waals surface area (Å²) in [5, 5.41) is 11.7. The van der Waals surface area contributed by atoms with Crippen molar-refractivity contribution in [3.8, 4) is 5.75 Å². The maximum Gasteiger partial charge on any atom is 0.257 e. The molecule has 3 aromatic rings. The smallest absolute Gasteiger partial charge is 0.257 e. The molecule has 0 aliphatic heterocycles. The predicted molar refractivity (Wildman–Crippen MR) is 88.0 cm³/mol. The minimum Gasteiger partial charge on any atom is -0.487 e. The van der Waals surface area contributed by atoms with E-state index >= 15 is 0 Å². The van der Waals surface area contributed by atoms with Gasteiger partial charge in [0.25, 0.3) is 5.91 Å². The van der Waals surface area contributed by atoms with Crippen molar-refractivity contribution in [3.63, 3.8) is 0 Å². The second-order valence-electron chi connectivity index (χ2n) is 4.69. The van der Waals surface area contributed by atoms with Gasteiger partial charge < -0.3 is 4.74 Å². The summed E-state index contributed by atoms with van der Waals surface area (Å²) in [4.78, 5) is 12.1. The highest BCUT2D eigenvalue weighted by Gasteiger charge is 2.10. The lowest BCUT2D eigenvalue weighted by molar-refractivity contribution is 0.102. The lowest BCUT2D eigenvalue weighted by Crippen LogP contribution is -2.11. The zero-order valence-corrected chi connectivity index (χ0v) is 14.1. The van der Waals surface area contributed by atoms with Crippen LogP contribution in [0.1, 0.15) is 26.8 Å². The lowest BCUT2D eigenvalue weighted by Gasteiger charge is -2.06. The zero-order valence-electron chi connectivity index (χ0n) is 12.4. The predicted octanol–water partition coefficient (Wildman–Crippen LogP) is 2.84. The molecule has 23 heavy (non-hydrogen) atoms. The van der Waals surface area contributed by atoms with E-state index in [2.05, 4.69) is 24.3 Å². The van der Waals surface area contributed by atoms with Crippen molar-refractivity contribution in [2.24, 2.45) is 0 Å². The van der Waals surface area contributed by atoms with Crippen molar-refractivity contribution in [1.29, 1.82) is 0 Å². The normalized spacial score (nSPS) is 10.5. The van der Waals surface area contributed by atoms with Crippen LogP contribution in [0.3, 0.4) is 0 Å². The van der Waals surface area contributed by atoms with E-state index in [0.717, 1.165) is 16.4 Å². The van der Waals surface area contributed by atoms with Gasteiger partial charge in [-0.25, -0.2) is 0 Å². The number of rotatable bonds is 5. The molecule has 3 rings (SSSR count). The van der Waals surface area contributed by atoms with Crippen LogP contribution < -0.4 is 10.1 Å². The third-order valence-electron chi connectivity index (χ3n) is 2.98. The third-order valence-corrected chi connectivity index (χ3v) is 4.40. The number of nitrogens with zero attached hydrogens (tertiary/aromatic N) is 4. The van der Waals surface area contributed by atoms with Crippen LogP contribution >= 0.6 is 23.1 Å². The van der Waals surface area contributed by atoms with Crippen molar-refractivity contribution in [2.45, 2.75) is 20.5 Å². The van der Waals surface area contributed by atoms with Gasteiger partial charge in [-0.05, 0) is 38.1 Å². The summed E-state index contributed by atoms with van der Waals surface area (Å²) in [6, 6.07) is 6.89. The van der Waals surface area contributed by atoms with E-state index in [1.54, 1.807) is 24.3 Å². The summed E-state index contributed by atoms with van der Waals surface area (Å²) >= 11 is 2.50. The number of hydrogen-bond acceptors (Lipinski definition) is 8. The Kier molecular flexibility index (Phi) is 4.58. The van der Waals surface area contributed by atoms with E-state index < -0.39 is 0 Å². The first-order valence-electron chi connectivity index (χ1n) is 6.74. The van der Waals surface area contributed by atoms with E-state index in [4.69, 9.17) is 4.74 Å². The Morgan fingerprint density at radius 3 is 2.57 bits per heavy atom. The number of carbonyl (C=O) groups excluding carboxylic acids is 1. The number of carbonyl (C=O) groups is 1. The molecule has 118 valence electrons. The number of nitrogens with one attached hydrogen (secondary N) is 1. The maximum absolute atomic E-state index is 12.1. The average Bonchev–Trinajstić information content (AvgIpc) is 3.14. The topological polar surface area (TPSA) is 89.9 Å². The molecule has 0 spiro atoms. The molecule has 1 aromatic carbocycles. The molecule has 2 aromatic heterocycles. The largest absolute Gasteiger partial charge is 0.487 e. The molecule has 2 heterocycles. The van der Waals surface area contributed by atoms with E-state index in [1.165, 1.54) is 23.1 Å². The molecule has 0 saturated carbocycles. The SMILES string of the molecule is Cc1nnc(NC(=O)c2ccc(OCc3nsnc3C)cc2)s1. The molecule has 7 nitrogen and oxygen atoms in total. The quantitative estimate of drug-likeness (QED) is 0.763. The van der Waals surface area contributed by atoms with Crippen LogP contribution in [0.25, 0.3) is 0 Å². The first kappa shape index (κ1) is 15.5. The average molecular weight is 347 g/mol. The van der Waals surface area contributed by atoms with Gasteiger partial charge in [-0.2, -0.15) is 8.75 Å². The number of aromatic nitrogens is 4. The molecule has 0 saturated heterocycles. The van der Waals surface area contributed by atoms with Crippen LogP contribution in [-0.4, -0.2) is 24.9 Å². The minimum absolute atomic E-state index is 0.229. The number of ether oxygens (including phenoxy) is 1. The van der Waals surface area contributed by atoms with Crippen molar-refractivity contribution in [1.82, 2.24) is 18.9 Å². The van der Waals surface area contributed by atoms with Crippen LogP contribution in [0.15, 0.2) is 24.3 Å². The third kappa shape index (κ3) is 3.88. The number of hydrogen-bond donors (Lipinski definition) is 1. The van der Waals surface area contributed by atoms with Gasteiger partial charge in [-0.1, -0.05) is 11.3 Å². The van der Waals surface area contributed by atoms with Gasteiger partial charge in [-0.3, -0.25) is 10.1 Å². The summed E-state index contributed by atoms with van der Waals surface area (Å²) in [7, 11) is 0. The number of benzene rings is 1. The van der Waals surface area contributed by atoms with Crippen molar-refractivity contribution in [3.05, 3.63) is 46.2 Å². The molecule has 1 amide bonds. The Morgan fingerprint density at radius 2 is 1.96 bits per heavy atom. The Labute approximate surface area is 140 Å². The zero-order chi connectivity index (χ0) is 16.2. The minimum atomic E-state index is -0.229. The maximum atomic E-state index is 12.1. The molecule has 0 aliphatic carbocycles. The number of aryl methyl sites for hydroxylation is 2. The van der Waals surface area contributed by atoms with Crippen LogP contribution in [0.4, 0.5) is 5.13 Å². The highest BCUT2D eigenvalue weighted by molar-refractivity contribution is 7.15. The first-order valence-corrected chi connectivity index (χ1v) is 8.29. The Balaban J connectivity index is 1.60.